The fourth-order valence-electron chi connectivity index (χ4n) is 1.82. The molecule has 20 heavy (non-hydrogen) atoms. The van der Waals surface area contributed by atoms with E-state index < -0.39 is 5.82 Å². The SMILES string of the molecule is Cc1cc(SCc2cc(F)cc(/C(N)=N/O)c2)n(C)n1. The van der Waals surface area contributed by atoms with Gasteiger partial charge in [0, 0.05) is 18.4 Å². The molecule has 0 saturated heterocycles. The summed E-state index contributed by atoms with van der Waals surface area (Å²) in [5.74, 6) is 0.0561. The number of oxime groups is 1. The minimum Gasteiger partial charge on any atom is -0.409 e. The van der Waals surface area contributed by atoms with E-state index in [1.54, 1.807) is 22.5 Å². The van der Waals surface area contributed by atoms with Crippen molar-refractivity contribution in [1.82, 2.24) is 9.78 Å². The lowest BCUT2D eigenvalue weighted by atomic mass is 10.1. The van der Waals surface area contributed by atoms with Gasteiger partial charge >= 0.3 is 0 Å². The average molecular weight is 294 g/mol. The molecule has 0 bridgehead atoms. The molecule has 0 aliphatic carbocycles. The summed E-state index contributed by atoms with van der Waals surface area (Å²) >= 11 is 1.55. The van der Waals surface area contributed by atoms with Gasteiger partial charge in [-0.1, -0.05) is 5.16 Å². The van der Waals surface area contributed by atoms with Crippen molar-refractivity contribution in [3.63, 3.8) is 0 Å². The molecule has 5 nitrogen and oxygen atoms in total. The second kappa shape index (κ2) is 5.96. The van der Waals surface area contributed by atoms with Crippen LogP contribution in [0.15, 0.2) is 34.4 Å². The van der Waals surface area contributed by atoms with Crippen LogP contribution in [0.5, 0.6) is 0 Å². The highest BCUT2D eigenvalue weighted by molar-refractivity contribution is 7.98. The minimum absolute atomic E-state index is 0.105. The van der Waals surface area contributed by atoms with Crippen LogP contribution >= 0.6 is 11.8 Å². The Morgan fingerprint density at radius 3 is 2.80 bits per heavy atom. The van der Waals surface area contributed by atoms with Gasteiger partial charge in [0.15, 0.2) is 5.84 Å². The molecule has 0 spiro atoms. The molecule has 0 unspecified atom stereocenters. The van der Waals surface area contributed by atoms with Gasteiger partial charge in [-0.2, -0.15) is 5.10 Å². The highest BCUT2D eigenvalue weighted by Crippen LogP contribution is 2.24. The van der Waals surface area contributed by atoms with Crippen molar-refractivity contribution < 1.29 is 9.60 Å². The van der Waals surface area contributed by atoms with E-state index in [-0.39, 0.29) is 5.84 Å². The van der Waals surface area contributed by atoms with Crippen molar-refractivity contribution in [3.8, 4) is 0 Å². The Balaban J connectivity index is 2.17. The summed E-state index contributed by atoms with van der Waals surface area (Å²) in [7, 11) is 1.86. The molecule has 0 fully saturated rings. The topological polar surface area (TPSA) is 76.4 Å². The Labute approximate surface area is 120 Å². The van der Waals surface area contributed by atoms with Crippen molar-refractivity contribution in [3.05, 3.63) is 46.9 Å². The summed E-state index contributed by atoms with van der Waals surface area (Å²) in [6.45, 7) is 1.92. The molecular formula is C13H15FN4OS. The van der Waals surface area contributed by atoms with Gasteiger partial charge in [-0.3, -0.25) is 4.68 Å². The van der Waals surface area contributed by atoms with Gasteiger partial charge in [0.1, 0.15) is 5.82 Å². The third-order valence-electron chi connectivity index (χ3n) is 2.71. The van der Waals surface area contributed by atoms with Crippen LogP contribution in [-0.2, 0) is 12.8 Å². The van der Waals surface area contributed by atoms with Crippen LogP contribution in [0.2, 0.25) is 0 Å². The first kappa shape index (κ1) is 14.4. The fourth-order valence-corrected chi connectivity index (χ4v) is 2.78. The molecule has 1 aromatic carbocycles. The zero-order valence-electron chi connectivity index (χ0n) is 11.2. The quantitative estimate of drug-likeness (QED) is 0.298. The van der Waals surface area contributed by atoms with E-state index in [9.17, 15) is 4.39 Å². The van der Waals surface area contributed by atoms with Crippen LogP contribution in [-0.4, -0.2) is 20.8 Å². The van der Waals surface area contributed by atoms with E-state index in [4.69, 9.17) is 10.9 Å². The van der Waals surface area contributed by atoms with Crippen LogP contribution in [0.25, 0.3) is 0 Å². The van der Waals surface area contributed by atoms with E-state index in [1.807, 2.05) is 20.0 Å². The molecule has 1 aromatic heterocycles. The standard InChI is InChI=1S/C13H15FN4OS/c1-8-3-12(18(2)16-8)20-7-9-4-10(13(15)17-19)6-11(14)5-9/h3-6,19H,7H2,1-2H3,(H2,15,17). The maximum atomic E-state index is 13.5. The molecule has 2 aromatic rings. The first-order chi connectivity index (χ1) is 9.49. The van der Waals surface area contributed by atoms with E-state index in [0.29, 0.717) is 11.3 Å². The number of nitrogens with two attached hydrogens (primary N) is 1. The Hall–Kier alpha value is -2.02. The summed E-state index contributed by atoms with van der Waals surface area (Å²) in [6, 6.07) is 6.34. The van der Waals surface area contributed by atoms with Crippen molar-refractivity contribution in [1.29, 1.82) is 0 Å². The van der Waals surface area contributed by atoms with Crippen LogP contribution < -0.4 is 5.73 Å². The highest BCUT2D eigenvalue weighted by Gasteiger charge is 2.07. The Kier molecular flexibility index (Phi) is 4.29. The van der Waals surface area contributed by atoms with E-state index >= 15 is 0 Å². The molecule has 0 amide bonds. The number of benzene rings is 1. The first-order valence-electron chi connectivity index (χ1n) is 5.90. The first-order valence-corrected chi connectivity index (χ1v) is 6.89. The van der Waals surface area contributed by atoms with Crippen LogP contribution in [0, 0.1) is 12.7 Å². The highest BCUT2D eigenvalue weighted by atomic mass is 32.2. The number of thioether (sulfide) groups is 1. The Morgan fingerprint density at radius 2 is 2.20 bits per heavy atom. The maximum Gasteiger partial charge on any atom is 0.170 e. The predicted octanol–water partition coefficient (Wildman–Crippen LogP) is 2.25. The number of rotatable bonds is 4. The number of nitrogens with zero attached hydrogens (tertiary/aromatic N) is 3. The van der Waals surface area contributed by atoms with Crippen LogP contribution in [0.1, 0.15) is 16.8 Å². The van der Waals surface area contributed by atoms with Crippen molar-refractivity contribution in [2.24, 2.45) is 17.9 Å². The molecule has 1 heterocycles. The minimum atomic E-state index is -0.411. The fraction of sp³-hybridized carbons (Fsp3) is 0.231. The van der Waals surface area contributed by atoms with Gasteiger partial charge < -0.3 is 10.9 Å². The van der Waals surface area contributed by atoms with Crippen LogP contribution in [0.3, 0.4) is 0 Å². The summed E-state index contributed by atoms with van der Waals surface area (Å²) in [6.07, 6.45) is 0. The summed E-state index contributed by atoms with van der Waals surface area (Å²) in [4.78, 5) is 0. The molecule has 0 aliphatic heterocycles. The van der Waals surface area contributed by atoms with E-state index in [2.05, 4.69) is 10.3 Å². The third kappa shape index (κ3) is 3.30. The zero-order valence-corrected chi connectivity index (χ0v) is 12.0. The Morgan fingerprint density at radius 1 is 1.45 bits per heavy atom. The van der Waals surface area contributed by atoms with Gasteiger partial charge in [0.2, 0.25) is 0 Å². The normalized spacial score (nSPS) is 11.8. The molecule has 3 N–H and O–H groups in total. The lowest BCUT2D eigenvalue weighted by Gasteiger charge is -2.05. The number of hydrogen-bond donors (Lipinski definition) is 2. The van der Waals surface area contributed by atoms with Gasteiger partial charge in [-0.05, 0) is 36.8 Å². The van der Waals surface area contributed by atoms with Gasteiger partial charge in [0.25, 0.3) is 0 Å². The molecule has 2 rings (SSSR count). The molecule has 0 radical (unpaired) electrons. The average Bonchev–Trinajstić information content (AvgIpc) is 2.73. The number of hydrogen-bond acceptors (Lipinski definition) is 4. The Bertz CT molecular complexity index is 654. The lowest BCUT2D eigenvalue weighted by molar-refractivity contribution is 0.318. The van der Waals surface area contributed by atoms with Crippen molar-refractivity contribution in [2.75, 3.05) is 0 Å². The monoisotopic (exact) mass is 294 g/mol. The molecular weight excluding hydrogens is 279 g/mol. The smallest absolute Gasteiger partial charge is 0.170 e. The number of halogens is 1. The molecule has 0 aliphatic rings. The summed E-state index contributed by atoms with van der Waals surface area (Å²) in [5, 5.41) is 16.8. The number of amidine groups is 1. The van der Waals surface area contributed by atoms with E-state index in [1.165, 1.54) is 12.1 Å². The van der Waals surface area contributed by atoms with Crippen LogP contribution in [0.4, 0.5) is 4.39 Å². The predicted molar refractivity (Wildman–Crippen MR) is 76.4 cm³/mol. The second-order valence-electron chi connectivity index (χ2n) is 4.37. The zero-order chi connectivity index (χ0) is 14.7. The van der Waals surface area contributed by atoms with Crippen molar-refractivity contribution in [2.45, 2.75) is 17.7 Å². The molecule has 7 heteroatoms. The van der Waals surface area contributed by atoms with E-state index in [0.717, 1.165) is 16.3 Å². The number of aromatic nitrogens is 2. The molecule has 0 atom stereocenters. The molecule has 0 saturated carbocycles. The number of aryl methyl sites for hydroxylation is 2. The largest absolute Gasteiger partial charge is 0.409 e. The second-order valence-corrected chi connectivity index (χ2v) is 5.37. The van der Waals surface area contributed by atoms with Gasteiger partial charge in [-0.25, -0.2) is 4.39 Å². The van der Waals surface area contributed by atoms with Gasteiger partial charge in [-0.15, -0.1) is 11.8 Å². The summed E-state index contributed by atoms with van der Waals surface area (Å²) in [5.41, 5.74) is 7.54. The van der Waals surface area contributed by atoms with Crippen molar-refractivity contribution >= 4 is 17.6 Å². The lowest BCUT2D eigenvalue weighted by Crippen LogP contribution is -2.13. The van der Waals surface area contributed by atoms with Gasteiger partial charge in [0.05, 0.1) is 10.7 Å². The summed E-state index contributed by atoms with van der Waals surface area (Å²) < 4.78 is 15.3. The third-order valence-corrected chi connectivity index (χ3v) is 3.86. The maximum absolute atomic E-state index is 13.5. The molecule has 106 valence electrons.